The number of amides is 2. The lowest BCUT2D eigenvalue weighted by Gasteiger charge is -2.41. The van der Waals surface area contributed by atoms with E-state index in [1.165, 1.54) is 5.01 Å². The number of carbonyl (C=O) groups is 2. The minimum atomic E-state index is -0.319. The first-order chi connectivity index (χ1) is 12.9. The van der Waals surface area contributed by atoms with Gasteiger partial charge in [0.2, 0.25) is 5.84 Å². The van der Waals surface area contributed by atoms with Crippen LogP contribution in [0.25, 0.3) is 0 Å². The van der Waals surface area contributed by atoms with Crippen LogP contribution >= 0.6 is 0 Å². The highest BCUT2D eigenvalue weighted by molar-refractivity contribution is 6.39. The van der Waals surface area contributed by atoms with Crippen LogP contribution in [-0.4, -0.2) is 67.5 Å². The maximum atomic E-state index is 12.6. The third-order valence-corrected chi connectivity index (χ3v) is 4.90. The molecular formula is C19H27N5O3. The van der Waals surface area contributed by atoms with E-state index in [0.717, 1.165) is 18.7 Å². The number of carbonyl (C=O) groups excluding carboxylic acids is 2. The topological polar surface area (TPSA) is 86.3 Å². The molecule has 0 spiro atoms. The maximum absolute atomic E-state index is 12.6. The van der Waals surface area contributed by atoms with Crippen molar-refractivity contribution in [3.8, 4) is 0 Å². The molecule has 2 aliphatic heterocycles. The lowest BCUT2D eigenvalue weighted by Crippen LogP contribution is -2.59. The fourth-order valence-corrected chi connectivity index (χ4v) is 3.11. The van der Waals surface area contributed by atoms with Crippen molar-refractivity contribution in [2.24, 2.45) is 4.99 Å². The van der Waals surface area contributed by atoms with Crippen molar-refractivity contribution < 1.29 is 14.3 Å². The molecule has 2 heterocycles. The Balaban J connectivity index is 1.61. The highest BCUT2D eigenvalue weighted by Crippen LogP contribution is 2.16. The molecule has 1 aromatic carbocycles. The molecule has 0 radical (unpaired) electrons. The predicted octanol–water partition coefficient (Wildman–Crippen LogP) is 0.472. The second-order valence-corrected chi connectivity index (χ2v) is 7.44. The molecule has 3 rings (SSSR count). The van der Waals surface area contributed by atoms with Gasteiger partial charge >= 0.3 is 0 Å². The summed E-state index contributed by atoms with van der Waals surface area (Å²) >= 11 is 0. The fraction of sp³-hybridized carbons (Fsp3) is 0.526. The Morgan fingerprint density at radius 2 is 1.93 bits per heavy atom. The first-order valence-corrected chi connectivity index (χ1v) is 9.18. The zero-order valence-corrected chi connectivity index (χ0v) is 16.1. The van der Waals surface area contributed by atoms with Crippen molar-refractivity contribution in [2.75, 3.05) is 44.4 Å². The third-order valence-electron chi connectivity index (χ3n) is 4.90. The number of nitrogens with zero attached hydrogens (tertiary/aromatic N) is 3. The number of ether oxygens (including phenoxy) is 1. The van der Waals surface area contributed by atoms with Crippen LogP contribution in [0.3, 0.4) is 0 Å². The number of anilines is 1. The quantitative estimate of drug-likeness (QED) is 0.784. The van der Waals surface area contributed by atoms with Gasteiger partial charge in [-0.25, -0.2) is 5.01 Å². The Kier molecular flexibility index (Phi) is 5.76. The fourth-order valence-electron chi connectivity index (χ4n) is 3.11. The number of amidine groups is 1. The molecule has 0 aliphatic carbocycles. The molecule has 8 heteroatoms. The molecule has 1 aromatic rings. The van der Waals surface area contributed by atoms with Crippen LogP contribution in [0, 0.1) is 6.92 Å². The summed E-state index contributed by atoms with van der Waals surface area (Å²) in [6.45, 7) is 9.69. The molecule has 0 bridgehead atoms. The average Bonchev–Trinajstić information content (AvgIpc) is 2.68. The number of aryl methyl sites for hydroxylation is 1. The molecule has 1 fully saturated rings. The van der Waals surface area contributed by atoms with Crippen LogP contribution in [0.2, 0.25) is 0 Å². The van der Waals surface area contributed by atoms with Gasteiger partial charge < -0.3 is 10.1 Å². The molecule has 0 saturated carbocycles. The Morgan fingerprint density at radius 1 is 1.26 bits per heavy atom. The number of hydrogen-bond acceptors (Lipinski definition) is 6. The highest BCUT2D eigenvalue weighted by Gasteiger charge is 2.30. The van der Waals surface area contributed by atoms with Gasteiger partial charge in [0.15, 0.2) is 0 Å². The van der Waals surface area contributed by atoms with Crippen LogP contribution in [0.4, 0.5) is 5.69 Å². The molecule has 27 heavy (non-hydrogen) atoms. The number of benzene rings is 1. The van der Waals surface area contributed by atoms with Gasteiger partial charge in [-0.1, -0.05) is 17.7 Å². The zero-order valence-electron chi connectivity index (χ0n) is 16.1. The predicted molar refractivity (Wildman–Crippen MR) is 104 cm³/mol. The molecule has 2 N–H and O–H groups in total. The van der Waals surface area contributed by atoms with E-state index in [2.05, 4.69) is 34.5 Å². The summed E-state index contributed by atoms with van der Waals surface area (Å²) in [4.78, 5) is 31.1. The Labute approximate surface area is 159 Å². The second kappa shape index (κ2) is 8.06. The number of aliphatic imine (C=N–C) groups is 1. The summed E-state index contributed by atoms with van der Waals surface area (Å²) in [6.07, 6.45) is 0. The SMILES string of the molecule is Cc1ccc(N2NC(C(=O)NCC(C)(C)N3CCOCC3)=NCC2=O)cc1. The largest absolute Gasteiger partial charge is 0.379 e. The standard InChI is InChI=1S/C19H27N5O3/c1-14-4-6-15(7-5-14)24-16(25)12-20-17(22-24)18(26)21-13-19(2,3)23-8-10-27-11-9-23/h4-7H,8-13H2,1-3H3,(H,20,22)(H,21,26). The van der Waals surface area contributed by atoms with Crippen molar-refractivity contribution in [1.82, 2.24) is 15.6 Å². The minimum absolute atomic E-state index is 0.0590. The lowest BCUT2D eigenvalue weighted by molar-refractivity contribution is -0.118. The van der Waals surface area contributed by atoms with Gasteiger partial charge in [-0.05, 0) is 32.9 Å². The summed E-state index contributed by atoms with van der Waals surface area (Å²) in [5, 5.41) is 4.30. The summed E-state index contributed by atoms with van der Waals surface area (Å²) < 4.78 is 5.39. The van der Waals surface area contributed by atoms with Gasteiger partial charge in [-0.3, -0.25) is 24.9 Å². The molecule has 0 atom stereocenters. The normalized spacial score (nSPS) is 18.7. The summed E-state index contributed by atoms with van der Waals surface area (Å²) in [6, 6.07) is 7.51. The van der Waals surface area contributed by atoms with Gasteiger partial charge in [-0.15, -0.1) is 0 Å². The first kappa shape index (κ1) is 19.3. The minimum Gasteiger partial charge on any atom is -0.379 e. The zero-order chi connectivity index (χ0) is 19.4. The van der Waals surface area contributed by atoms with Crippen molar-refractivity contribution in [3.05, 3.63) is 29.8 Å². The molecular weight excluding hydrogens is 346 g/mol. The van der Waals surface area contributed by atoms with E-state index in [1.54, 1.807) is 0 Å². The van der Waals surface area contributed by atoms with Crippen LogP contribution in [0.1, 0.15) is 19.4 Å². The van der Waals surface area contributed by atoms with Crippen molar-refractivity contribution in [3.63, 3.8) is 0 Å². The number of hydrazine groups is 1. The van der Waals surface area contributed by atoms with Crippen LogP contribution < -0.4 is 15.8 Å². The average molecular weight is 373 g/mol. The molecule has 0 unspecified atom stereocenters. The Bertz CT molecular complexity index is 723. The van der Waals surface area contributed by atoms with E-state index < -0.39 is 0 Å². The molecule has 146 valence electrons. The van der Waals surface area contributed by atoms with E-state index in [0.29, 0.717) is 25.4 Å². The summed E-state index contributed by atoms with van der Waals surface area (Å²) in [5.74, 6) is -0.377. The Hall–Kier alpha value is -2.45. The number of nitrogens with one attached hydrogen (secondary N) is 2. The summed E-state index contributed by atoms with van der Waals surface area (Å²) in [5.41, 5.74) is 4.43. The smallest absolute Gasteiger partial charge is 0.288 e. The molecule has 2 amide bonds. The second-order valence-electron chi connectivity index (χ2n) is 7.44. The first-order valence-electron chi connectivity index (χ1n) is 9.18. The molecule has 2 aliphatic rings. The number of hydrogen-bond donors (Lipinski definition) is 2. The number of morpholine rings is 1. The maximum Gasteiger partial charge on any atom is 0.288 e. The molecule has 1 saturated heterocycles. The number of rotatable bonds is 5. The van der Waals surface area contributed by atoms with Gasteiger partial charge in [-0.2, -0.15) is 0 Å². The van der Waals surface area contributed by atoms with E-state index in [-0.39, 0.29) is 29.7 Å². The van der Waals surface area contributed by atoms with Crippen molar-refractivity contribution in [2.45, 2.75) is 26.3 Å². The van der Waals surface area contributed by atoms with Crippen LogP contribution in [0.5, 0.6) is 0 Å². The third kappa shape index (κ3) is 4.64. The van der Waals surface area contributed by atoms with Gasteiger partial charge in [0.05, 0.1) is 18.9 Å². The Morgan fingerprint density at radius 3 is 2.59 bits per heavy atom. The van der Waals surface area contributed by atoms with Gasteiger partial charge in [0.25, 0.3) is 11.8 Å². The van der Waals surface area contributed by atoms with Crippen LogP contribution in [0.15, 0.2) is 29.3 Å². The van der Waals surface area contributed by atoms with Crippen LogP contribution in [-0.2, 0) is 14.3 Å². The van der Waals surface area contributed by atoms with Gasteiger partial charge in [0, 0.05) is 25.2 Å². The summed E-state index contributed by atoms with van der Waals surface area (Å²) in [7, 11) is 0. The van der Waals surface area contributed by atoms with E-state index in [9.17, 15) is 9.59 Å². The molecule has 0 aromatic heterocycles. The van der Waals surface area contributed by atoms with Crippen molar-refractivity contribution >= 4 is 23.3 Å². The van der Waals surface area contributed by atoms with E-state index in [1.807, 2.05) is 31.2 Å². The molecule has 8 nitrogen and oxygen atoms in total. The van der Waals surface area contributed by atoms with Crippen molar-refractivity contribution in [1.29, 1.82) is 0 Å². The monoisotopic (exact) mass is 373 g/mol. The van der Waals surface area contributed by atoms with Gasteiger partial charge in [0.1, 0.15) is 6.54 Å². The van der Waals surface area contributed by atoms with E-state index >= 15 is 0 Å². The lowest BCUT2D eigenvalue weighted by atomic mass is 10.0. The van der Waals surface area contributed by atoms with E-state index in [4.69, 9.17) is 4.74 Å². The highest BCUT2D eigenvalue weighted by atomic mass is 16.5.